The number of nitrogens with one attached hydrogen (secondary N) is 1. The van der Waals surface area contributed by atoms with Crippen molar-refractivity contribution in [2.24, 2.45) is 0 Å². The Kier molecular flexibility index (Phi) is 5.87. The number of halogens is 2. The van der Waals surface area contributed by atoms with Crippen LogP contribution in [0.25, 0.3) is 11.0 Å². The SMILES string of the molecule is CC1(C)Cc2cc(Cl)cc(OCCCN3CCC(n4c(=O)[nH]c5cc(F)ccc54)CC3)c2O1. The summed E-state index contributed by atoms with van der Waals surface area (Å²) in [6.45, 7) is 7.47. The first-order valence-corrected chi connectivity index (χ1v) is 11.9. The standard InChI is InChI=1S/C25H29ClFN3O3/c1-25(2)15-16-12-17(26)13-22(23(16)33-25)32-11-3-8-29-9-6-19(7-10-29)30-21-5-4-18(27)14-20(21)28-24(30)31/h4-5,12-14,19H,3,6-11,15H2,1-2H3,(H,28,31). The highest BCUT2D eigenvalue weighted by Crippen LogP contribution is 2.43. The molecule has 2 aliphatic rings. The highest BCUT2D eigenvalue weighted by atomic mass is 35.5. The molecule has 0 atom stereocenters. The number of nitrogens with zero attached hydrogens (tertiary/aromatic N) is 2. The molecule has 3 heterocycles. The summed E-state index contributed by atoms with van der Waals surface area (Å²) in [5.41, 5.74) is 2.02. The van der Waals surface area contributed by atoms with Gasteiger partial charge < -0.3 is 19.4 Å². The molecule has 0 amide bonds. The van der Waals surface area contributed by atoms with E-state index in [4.69, 9.17) is 21.1 Å². The average Bonchev–Trinajstić information content (AvgIpc) is 3.25. The van der Waals surface area contributed by atoms with Gasteiger partial charge in [0.15, 0.2) is 11.5 Å². The molecule has 6 nitrogen and oxygen atoms in total. The van der Waals surface area contributed by atoms with Crippen molar-refractivity contribution in [3.8, 4) is 11.5 Å². The fourth-order valence-electron chi connectivity index (χ4n) is 5.09. The van der Waals surface area contributed by atoms with Gasteiger partial charge in [0, 0.05) is 48.7 Å². The first kappa shape index (κ1) is 22.3. The minimum absolute atomic E-state index is 0.124. The van der Waals surface area contributed by atoms with E-state index in [1.165, 1.54) is 12.1 Å². The molecule has 1 saturated heterocycles. The van der Waals surface area contributed by atoms with Crippen LogP contribution in [0.4, 0.5) is 4.39 Å². The third kappa shape index (κ3) is 4.62. The van der Waals surface area contributed by atoms with Crippen LogP contribution in [0.3, 0.4) is 0 Å². The number of ether oxygens (including phenoxy) is 2. The predicted octanol–water partition coefficient (Wildman–Crippen LogP) is 4.94. The van der Waals surface area contributed by atoms with Crippen molar-refractivity contribution < 1.29 is 13.9 Å². The minimum atomic E-state index is -0.342. The number of aromatic amines is 1. The fraction of sp³-hybridized carbons (Fsp3) is 0.480. The second-order valence-corrected chi connectivity index (χ2v) is 10.1. The molecule has 0 unspecified atom stereocenters. The van der Waals surface area contributed by atoms with Crippen molar-refractivity contribution in [2.45, 2.75) is 51.2 Å². The molecule has 2 aromatic carbocycles. The lowest BCUT2D eigenvalue weighted by Crippen LogP contribution is -2.37. The highest BCUT2D eigenvalue weighted by Gasteiger charge is 2.33. The lowest BCUT2D eigenvalue weighted by Gasteiger charge is -2.32. The summed E-state index contributed by atoms with van der Waals surface area (Å²) in [6, 6.07) is 8.38. The second-order valence-electron chi connectivity index (χ2n) is 9.67. The fourth-order valence-corrected chi connectivity index (χ4v) is 5.32. The van der Waals surface area contributed by atoms with Crippen molar-refractivity contribution in [1.29, 1.82) is 0 Å². The van der Waals surface area contributed by atoms with Crippen molar-refractivity contribution in [3.05, 3.63) is 57.2 Å². The van der Waals surface area contributed by atoms with Gasteiger partial charge in [-0.1, -0.05) is 11.6 Å². The predicted molar refractivity (Wildman–Crippen MR) is 127 cm³/mol. The number of piperidine rings is 1. The van der Waals surface area contributed by atoms with Gasteiger partial charge in [-0.2, -0.15) is 0 Å². The number of aromatic nitrogens is 2. The van der Waals surface area contributed by atoms with Gasteiger partial charge in [-0.05, 0) is 57.4 Å². The topological polar surface area (TPSA) is 59.5 Å². The number of likely N-dealkylation sites (tertiary alicyclic amines) is 1. The van der Waals surface area contributed by atoms with E-state index in [2.05, 4.69) is 23.7 Å². The van der Waals surface area contributed by atoms with Gasteiger partial charge in [0.05, 0.1) is 17.6 Å². The van der Waals surface area contributed by atoms with Crippen molar-refractivity contribution in [1.82, 2.24) is 14.5 Å². The zero-order chi connectivity index (χ0) is 23.2. The Hall–Kier alpha value is -2.51. The van der Waals surface area contributed by atoms with E-state index in [1.807, 2.05) is 12.1 Å². The monoisotopic (exact) mass is 473 g/mol. The second kappa shape index (κ2) is 8.69. The zero-order valence-electron chi connectivity index (χ0n) is 19.0. The van der Waals surface area contributed by atoms with Gasteiger partial charge in [-0.3, -0.25) is 4.57 Å². The summed E-state index contributed by atoms with van der Waals surface area (Å²) in [4.78, 5) is 17.6. The van der Waals surface area contributed by atoms with Crippen LogP contribution in [0.5, 0.6) is 11.5 Å². The molecule has 176 valence electrons. The van der Waals surface area contributed by atoms with Crippen molar-refractivity contribution in [2.75, 3.05) is 26.2 Å². The lowest BCUT2D eigenvalue weighted by molar-refractivity contribution is 0.130. The normalized spacial score (nSPS) is 18.4. The molecule has 0 saturated carbocycles. The van der Waals surface area contributed by atoms with Gasteiger partial charge in [0.25, 0.3) is 0 Å². The molecule has 8 heteroatoms. The van der Waals surface area contributed by atoms with Crippen LogP contribution < -0.4 is 15.2 Å². The Morgan fingerprint density at radius 2 is 2.03 bits per heavy atom. The molecule has 1 N–H and O–H groups in total. The van der Waals surface area contributed by atoms with Crippen LogP contribution in [-0.2, 0) is 6.42 Å². The molecule has 0 aliphatic carbocycles. The summed E-state index contributed by atoms with van der Waals surface area (Å²) >= 11 is 6.28. The number of fused-ring (bicyclic) bond motifs is 2. The Balaban J connectivity index is 1.13. The first-order chi connectivity index (χ1) is 15.8. The third-order valence-electron chi connectivity index (χ3n) is 6.57. The van der Waals surface area contributed by atoms with E-state index in [9.17, 15) is 9.18 Å². The van der Waals surface area contributed by atoms with Gasteiger partial charge in [0.1, 0.15) is 11.4 Å². The van der Waals surface area contributed by atoms with E-state index < -0.39 is 0 Å². The number of rotatable bonds is 6. The maximum atomic E-state index is 13.5. The highest BCUT2D eigenvalue weighted by molar-refractivity contribution is 6.30. The molecule has 0 spiro atoms. The van der Waals surface area contributed by atoms with Gasteiger partial charge in [-0.15, -0.1) is 0 Å². The Morgan fingerprint density at radius 1 is 1.24 bits per heavy atom. The molecular weight excluding hydrogens is 445 g/mol. The summed E-state index contributed by atoms with van der Waals surface area (Å²) in [5.74, 6) is 1.19. The smallest absolute Gasteiger partial charge is 0.326 e. The van der Waals surface area contributed by atoms with Gasteiger partial charge in [-0.25, -0.2) is 9.18 Å². The van der Waals surface area contributed by atoms with Crippen LogP contribution in [0.2, 0.25) is 5.02 Å². The van der Waals surface area contributed by atoms with E-state index in [1.54, 1.807) is 10.6 Å². The number of H-pyrrole nitrogens is 1. The number of hydrogen-bond donors (Lipinski definition) is 1. The maximum absolute atomic E-state index is 13.5. The van der Waals surface area contributed by atoms with Crippen LogP contribution in [0, 0.1) is 5.82 Å². The van der Waals surface area contributed by atoms with Crippen molar-refractivity contribution in [3.63, 3.8) is 0 Å². The minimum Gasteiger partial charge on any atom is -0.490 e. The molecular formula is C25H29ClFN3O3. The number of benzene rings is 2. The summed E-state index contributed by atoms with van der Waals surface area (Å²) < 4.78 is 27.4. The molecule has 33 heavy (non-hydrogen) atoms. The van der Waals surface area contributed by atoms with Crippen LogP contribution >= 0.6 is 11.6 Å². The van der Waals surface area contributed by atoms with Crippen LogP contribution in [-0.4, -0.2) is 46.3 Å². The number of imidazole rings is 1. The summed E-state index contributed by atoms with van der Waals surface area (Å²) in [7, 11) is 0. The molecule has 5 rings (SSSR count). The molecule has 0 bridgehead atoms. The number of hydrogen-bond acceptors (Lipinski definition) is 4. The largest absolute Gasteiger partial charge is 0.490 e. The Labute approximate surface area is 197 Å². The van der Waals surface area contributed by atoms with E-state index in [0.29, 0.717) is 17.1 Å². The van der Waals surface area contributed by atoms with Gasteiger partial charge >= 0.3 is 5.69 Å². The van der Waals surface area contributed by atoms with Crippen LogP contribution in [0.1, 0.15) is 44.7 Å². The average molecular weight is 474 g/mol. The van der Waals surface area contributed by atoms with Crippen LogP contribution in [0.15, 0.2) is 35.1 Å². The Morgan fingerprint density at radius 3 is 2.82 bits per heavy atom. The van der Waals surface area contributed by atoms with E-state index in [0.717, 1.165) is 67.9 Å². The zero-order valence-corrected chi connectivity index (χ0v) is 19.8. The quantitative estimate of drug-likeness (QED) is 0.515. The molecule has 3 aromatic rings. The van der Waals surface area contributed by atoms with E-state index >= 15 is 0 Å². The maximum Gasteiger partial charge on any atom is 0.326 e. The van der Waals surface area contributed by atoms with Gasteiger partial charge in [0.2, 0.25) is 0 Å². The summed E-state index contributed by atoms with van der Waals surface area (Å²) in [5, 5.41) is 0.669. The summed E-state index contributed by atoms with van der Waals surface area (Å²) in [6.07, 6.45) is 3.48. The molecule has 1 fully saturated rings. The third-order valence-corrected chi connectivity index (χ3v) is 6.79. The first-order valence-electron chi connectivity index (χ1n) is 11.6. The Bertz CT molecular complexity index is 1230. The molecule has 2 aliphatic heterocycles. The van der Waals surface area contributed by atoms with Crippen molar-refractivity contribution >= 4 is 22.6 Å². The lowest BCUT2D eigenvalue weighted by atomic mass is 10.0. The molecule has 1 aromatic heterocycles. The van der Waals surface area contributed by atoms with E-state index in [-0.39, 0.29) is 23.1 Å². The molecule has 0 radical (unpaired) electrons.